The molecule has 340 valence electrons. The molecule has 17 heteroatoms. The van der Waals surface area contributed by atoms with Gasteiger partial charge in [0.25, 0.3) is 0 Å². The topological polar surface area (TPSA) is 233 Å². The zero-order valence-electron chi connectivity index (χ0n) is 36.2. The van der Waals surface area contributed by atoms with Crippen molar-refractivity contribution in [2.24, 2.45) is 11.8 Å². The highest BCUT2D eigenvalue weighted by molar-refractivity contribution is 5.70. The lowest BCUT2D eigenvalue weighted by Crippen LogP contribution is -2.65. The van der Waals surface area contributed by atoms with E-state index in [0.29, 0.717) is 6.42 Å². The molecule has 0 aromatic rings. The molecule has 4 heterocycles. The van der Waals surface area contributed by atoms with Gasteiger partial charge in [0, 0.05) is 32.8 Å². The van der Waals surface area contributed by atoms with Gasteiger partial charge < -0.3 is 78.2 Å². The van der Waals surface area contributed by atoms with Crippen LogP contribution in [-0.2, 0) is 47.5 Å². The van der Waals surface area contributed by atoms with E-state index in [2.05, 4.69) is 0 Å². The number of hydrogen-bond donors (Lipinski definition) is 6. The highest BCUT2D eigenvalue weighted by Gasteiger charge is 2.52. The molecule has 0 radical (unpaired) electrons. The number of aliphatic hydroxyl groups excluding tert-OH is 4. The first-order chi connectivity index (χ1) is 27.6. The third-order valence-electron chi connectivity index (χ3n) is 12.1. The Kier molecular flexibility index (Phi) is 18.1. The van der Waals surface area contributed by atoms with Crippen molar-refractivity contribution in [1.29, 1.82) is 0 Å². The van der Waals surface area contributed by atoms with Gasteiger partial charge in [-0.25, -0.2) is 0 Å². The number of aldehydes is 1. The minimum atomic E-state index is -1.49. The molecular formula is C42H71NO16. The van der Waals surface area contributed by atoms with Crippen molar-refractivity contribution in [3.8, 4) is 0 Å². The van der Waals surface area contributed by atoms with Crippen LogP contribution >= 0.6 is 0 Å². The summed E-state index contributed by atoms with van der Waals surface area (Å²) >= 11 is 0. The van der Waals surface area contributed by atoms with Crippen molar-refractivity contribution in [3.63, 3.8) is 0 Å². The van der Waals surface area contributed by atoms with Crippen LogP contribution in [0.2, 0.25) is 0 Å². The van der Waals surface area contributed by atoms with Gasteiger partial charge in [0.1, 0.15) is 42.9 Å². The van der Waals surface area contributed by atoms with Gasteiger partial charge in [0.05, 0.1) is 60.3 Å². The summed E-state index contributed by atoms with van der Waals surface area (Å²) < 4.78 is 49.2. The molecule has 6 N–H and O–H groups in total. The molecule has 0 saturated carbocycles. The van der Waals surface area contributed by atoms with Crippen molar-refractivity contribution < 1.29 is 78.1 Å². The summed E-state index contributed by atoms with van der Waals surface area (Å²) in [5, 5.41) is 66.5. The molecule has 59 heavy (non-hydrogen) atoms. The molecule has 0 aromatic carbocycles. The fourth-order valence-electron chi connectivity index (χ4n) is 8.79. The van der Waals surface area contributed by atoms with E-state index in [0.717, 1.165) is 6.29 Å². The number of allylic oxidation sites excluding steroid dienone is 2. The van der Waals surface area contributed by atoms with Gasteiger partial charge in [0.2, 0.25) is 0 Å². The third-order valence-corrected chi connectivity index (χ3v) is 12.1. The number of carbonyl (C=O) groups excluding carboxylic acids is 2. The molecule has 0 amide bonds. The van der Waals surface area contributed by atoms with Gasteiger partial charge in [-0.05, 0) is 73.9 Å². The van der Waals surface area contributed by atoms with Crippen molar-refractivity contribution in [2.75, 3.05) is 21.2 Å². The second kappa shape index (κ2) is 21.4. The molecule has 0 spiro atoms. The largest absolute Gasteiger partial charge is 0.462 e. The van der Waals surface area contributed by atoms with Gasteiger partial charge in [0.15, 0.2) is 18.9 Å². The Morgan fingerprint density at radius 1 is 0.831 bits per heavy atom. The lowest BCUT2D eigenvalue weighted by atomic mass is 9.82. The summed E-state index contributed by atoms with van der Waals surface area (Å²) in [4.78, 5) is 27.3. The molecule has 0 aliphatic carbocycles. The maximum Gasteiger partial charge on any atom is 0.308 e. The highest BCUT2D eigenvalue weighted by atomic mass is 16.7. The number of aliphatic hydroxyl groups is 6. The Bertz CT molecular complexity index is 1390. The Labute approximate surface area is 348 Å². The monoisotopic (exact) mass is 845 g/mol. The van der Waals surface area contributed by atoms with Gasteiger partial charge >= 0.3 is 5.97 Å². The summed E-state index contributed by atoms with van der Waals surface area (Å²) in [6.07, 6.45) is -6.83. The van der Waals surface area contributed by atoms with Crippen molar-refractivity contribution in [3.05, 3.63) is 24.3 Å². The first-order valence-electron chi connectivity index (χ1n) is 20.9. The molecular weight excluding hydrogens is 774 g/mol. The molecule has 3 fully saturated rings. The SMILES string of the molecule is COC1C(O)CC(=O)OC(C)C/C=C/C=C/C(OC2CC(C)(O)C(O)C(C)O2)C(C)CC(CC=O)C1OC1OC(C)C(OC2CC(C)(O)C(O)C(C)O2)C(N(C)C)C1O. The first-order valence-corrected chi connectivity index (χ1v) is 20.9. The maximum atomic E-state index is 13.1. The standard InChI is InChI=1S/C42H71NO16/c1-22-18-27(16-17-44)36(59-40-34(47)33(43(8)9)35(24(3)56-40)58-32-21-42(7,51)39(49)26(5)55-32)37(52-10)28(45)19-30(46)53-23(2)14-12-11-13-15-29(22)57-31-20-41(6,50)38(48)25(4)54-31/h11-13,15,17,22-29,31-40,45,47-51H,14,16,18-21H2,1-10H3/b12-11+,15-13+. The maximum absolute atomic E-state index is 13.1. The minimum absolute atomic E-state index is 0.00423. The van der Waals surface area contributed by atoms with Gasteiger partial charge in [-0.3, -0.25) is 4.79 Å². The predicted molar refractivity (Wildman–Crippen MR) is 211 cm³/mol. The molecule has 17 nitrogen and oxygen atoms in total. The van der Waals surface area contributed by atoms with E-state index in [1.165, 1.54) is 21.0 Å². The number of carbonyl (C=O) groups is 2. The normalized spacial score (nSPS) is 48.3. The third kappa shape index (κ3) is 12.8. The number of hydrogen-bond acceptors (Lipinski definition) is 17. The average molecular weight is 846 g/mol. The second-order valence-electron chi connectivity index (χ2n) is 17.7. The summed E-state index contributed by atoms with van der Waals surface area (Å²) in [6.45, 7) is 11.7. The lowest BCUT2D eigenvalue weighted by Gasteiger charge is -2.50. The van der Waals surface area contributed by atoms with Crippen LogP contribution in [0.5, 0.6) is 0 Å². The summed E-state index contributed by atoms with van der Waals surface area (Å²) in [6, 6.07) is -0.763. The quantitative estimate of drug-likeness (QED) is 0.134. The predicted octanol–water partition coefficient (Wildman–Crippen LogP) is 1.12. The van der Waals surface area contributed by atoms with E-state index in [-0.39, 0.29) is 31.6 Å². The van der Waals surface area contributed by atoms with Crippen molar-refractivity contribution in [1.82, 2.24) is 4.90 Å². The number of methoxy groups -OCH3 is 1. The summed E-state index contributed by atoms with van der Waals surface area (Å²) in [7, 11) is 4.85. The number of nitrogens with zero attached hydrogens (tertiary/aromatic N) is 1. The fourth-order valence-corrected chi connectivity index (χ4v) is 8.79. The molecule has 4 aliphatic rings. The van der Waals surface area contributed by atoms with E-state index in [9.17, 15) is 40.2 Å². The number of likely N-dealkylation sites (N-methyl/N-ethyl adjacent to an activating group) is 1. The summed E-state index contributed by atoms with van der Waals surface area (Å²) in [5.41, 5.74) is -2.97. The number of cyclic esters (lactones) is 1. The minimum Gasteiger partial charge on any atom is -0.462 e. The molecule has 0 bridgehead atoms. The first kappa shape index (κ1) is 49.7. The lowest BCUT2D eigenvalue weighted by molar-refractivity contribution is -0.344. The Hall–Kier alpha value is -1.94. The van der Waals surface area contributed by atoms with E-state index < -0.39 is 128 Å². The Morgan fingerprint density at radius 3 is 1.97 bits per heavy atom. The van der Waals surface area contributed by atoms with Gasteiger partial charge in [-0.2, -0.15) is 0 Å². The summed E-state index contributed by atoms with van der Waals surface area (Å²) in [5.74, 6) is -1.74. The van der Waals surface area contributed by atoms with Crippen molar-refractivity contribution >= 4 is 12.3 Å². The molecule has 4 aliphatic heterocycles. The molecule has 4 rings (SSSR count). The molecule has 0 aromatic heterocycles. The number of ether oxygens (including phenoxy) is 8. The Balaban J connectivity index is 1.68. The zero-order valence-corrected chi connectivity index (χ0v) is 36.2. The van der Waals surface area contributed by atoms with Crippen LogP contribution in [0.25, 0.3) is 0 Å². The van der Waals surface area contributed by atoms with Crippen LogP contribution < -0.4 is 0 Å². The molecule has 3 saturated heterocycles. The molecule has 20 atom stereocenters. The fraction of sp³-hybridized carbons (Fsp3) is 0.857. The molecule has 20 unspecified atom stereocenters. The van der Waals surface area contributed by atoms with Crippen LogP contribution in [0.3, 0.4) is 0 Å². The van der Waals surface area contributed by atoms with Gasteiger partial charge in [-0.15, -0.1) is 0 Å². The van der Waals surface area contributed by atoms with Crippen LogP contribution in [0, 0.1) is 11.8 Å². The second-order valence-corrected chi connectivity index (χ2v) is 17.7. The van der Waals surface area contributed by atoms with Crippen molar-refractivity contribution in [2.45, 2.75) is 196 Å². The van der Waals surface area contributed by atoms with E-state index in [1.54, 1.807) is 58.8 Å². The van der Waals surface area contributed by atoms with Crippen LogP contribution in [0.1, 0.15) is 87.0 Å². The number of rotatable bonds is 10. The zero-order chi connectivity index (χ0) is 44.0. The highest BCUT2D eigenvalue weighted by Crippen LogP contribution is 2.38. The van der Waals surface area contributed by atoms with E-state index >= 15 is 0 Å². The van der Waals surface area contributed by atoms with E-state index in [1.807, 2.05) is 19.1 Å². The van der Waals surface area contributed by atoms with E-state index in [4.69, 9.17) is 37.9 Å². The van der Waals surface area contributed by atoms with Crippen LogP contribution in [0.4, 0.5) is 0 Å². The smallest absolute Gasteiger partial charge is 0.308 e. The Morgan fingerprint density at radius 2 is 1.42 bits per heavy atom. The number of esters is 1. The van der Waals surface area contributed by atoms with Crippen LogP contribution in [-0.4, -0.2) is 178 Å². The average Bonchev–Trinajstić information content (AvgIpc) is 3.12. The van der Waals surface area contributed by atoms with Crippen LogP contribution in [0.15, 0.2) is 24.3 Å². The van der Waals surface area contributed by atoms with Gasteiger partial charge in [-0.1, -0.05) is 31.2 Å².